The molecule has 1 aromatic carbocycles. The second-order valence-electron chi connectivity index (χ2n) is 3.61. The zero-order valence-corrected chi connectivity index (χ0v) is 12.3. The van der Waals surface area contributed by atoms with E-state index >= 15 is 0 Å². The Balaban J connectivity index is 1.98. The molecule has 0 radical (unpaired) electrons. The molecule has 0 unspecified atom stereocenters. The Bertz CT molecular complexity index is 677. The topological polar surface area (TPSA) is 26.5 Å². The Hall–Kier alpha value is -1.04. The van der Waals surface area contributed by atoms with E-state index in [1.54, 1.807) is 23.5 Å². The van der Waals surface area contributed by atoms with Crippen LogP contribution in [0.3, 0.4) is 0 Å². The summed E-state index contributed by atoms with van der Waals surface area (Å²) in [5.74, 6) is 1.36. The summed E-state index contributed by atoms with van der Waals surface area (Å²) < 4.78 is 7.80. The largest absolute Gasteiger partial charge is 0.437 e. The molecule has 0 saturated carbocycles. The third kappa shape index (κ3) is 2.13. The molecule has 0 spiro atoms. The molecule has 3 aromatic rings. The summed E-state index contributed by atoms with van der Waals surface area (Å²) >= 11 is 10.9. The number of benzene rings is 1. The van der Waals surface area contributed by atoms with Crippen LogP contribution >= 0.6 is 38.9 Å². The highest BCUT2D eigenvalue weighted by molar-refractivity contribution is 9.08. The molecule has 0 fully saturated rings. The molecule has 0 aliphatic heterocycles. The van der Waals surface area contributed by atoms with Crippen molar-refractivity contribution in [1.29, 1.82) is 0 Å². The molecule has 0 atom stereocenters. The lowest BCUT2D eigenvalue weighted by molar-refractivity contribution is 0.462. The maximum atomic E-state index is 5.84. The van der Waals surface area contributed by atoms with Gasteiger partial charge in [-0.05, 0) is 24.3 Å². The van der Waals surface area contributed by atoms with Crippen LogP contribution in [0.1, 0.15) is 5.69 Å². The number of nitrogens with zero attached hydrogens (tertiary/aromatic N) is 2. The Morgan fingerprint density at radius 1 is 1.33 bits per heavy atom. The summed E-state index contributed by atoms with van der Waals surface area (Å²) in [4.78, 5) is 5.38. The van der Waals surface area contributed by atoms with Gasteiger partial charge in [0.25, 0.3) is 0 Å². The van der Waals surface area contributed by atoms with Crippen LogP contribution in [0.4, 0.5) is 0 Å². The minimum Gasteiger partial charge on any atom is -0.437 e. The minimum atomic E-state index is 0.626. The summed E-state index contributed by atoms with van der Waals surface area (Å²) in [6.45, 7) is 0. The van der Waals surface area contributed by atoms with Crippen LogP contribution < -0.4 is 4.74 Å². The highest BCUT2D eigenvalue weighted by Gasteiger charge is 2.13. The molecule has 18 heavy (non-hydrogen) atoms. The Morgan fingerprint density at radius 3 is 2.83 bits per heavy atom. The molecule has 6 heteroatoms. The van der Waals surface area contributed by atoms with Crippen molar-refractivity contribution < 1.29 is 4.74 Å². The number of hydrogen-bond donors (Lipinski definition) is 0. The van der Waals surface area contributed by atoms with E-state index in [1.165, 1.54) is 0 Å². The van der Waals surface area contributed by atoms with Crippen molar-refractivity contribution in [2.45, 2.75) is 5.33 Å². The van der Waals surface area contributed by atoms with Gasteiger partial charge in [-0.3, -0.25) is 4.40 Å². The second kappa shape index (κ2) is 4.91. The normalized spacial score (nSPS) is 11.0. The maximum Gasteiger partial charge on any atom is 0.243 e. The quantitative estimate of drug-likeness (QED) is 0.642. The van der Waals surface area contributed by atoms with E-state index in [0.717, 1.165) is 16.4 Å². The van der Waals surface area contributed by atoms with Crippen LogP contribution in [0.2, 0.25) is 5.02 Å². The monoisotopic (exact) mass is 342 g/mol. The summed E-state index contributed by atoms with van der Waals surface area (Å²) in [6, 6.07) is 7.24. The first-order valence-corrected chi connectivity index (χ1v) is 7.59. The van der Waals surface area contributed by atoms with Crippen molar-refractivity contribution in [3.05, 3.63) is 46.6 Å². The van der Waals surface area contributed by atoms with E-state index in [1.807, 2.05) is 28.1 Å². The first kappa shape index (κ1) is 12.0. The standard InChI is InChI=1S/C12H8BrClN2OS/c13-7-10-11(15-12-16(10)5-6-18-12)17-9-3-1-8(14)2-4-9/h1-6H,7H2. The molecule has 0 saturated heterocycles. The van der Waals surface area contributed by atoms with Gasteiger partial charge in [-0.15, -0.1) is 11.3 Å². The minimum absolute atomic E-state index is 0.626. The molecule has 2 heterocycles. The third-order valence-corrected chi connectivity index (χ3v) is 4.02. The van der Waals surface area contributed by atoms with Crippen LogP contribution in [0, 0.1) is 0 Å². The fourth-order valence-electron chi connectivity index (χ4n) is 1.63. The molecule has 0 N–H and O–H groups in total. The predicted octanol–water partition coefficient (Wildman–Crippen LogP) is 4.74. The number of aromatic nitrogens is 2. The molecule has 2 aromatic heterocycles. The molecular weight excluding hydrogens is 336 g/mol. The lowest BCUT2D eigenvalue weighted by Gasteiger charge is -2.04. The van der Waals surface area contributed by atoms with Gasteiger partial charge >= 0.3 is 0 Å². The van der Waals surface area contributed by atoms with Gasteiger partial charge in [-0.1, -0.05) is 27.5 Å². The number of rotatable bonds is 3. The average Bonchev–Trinajstić information content (AvgIpc) is 2.92. The maximum absolute atomic E-state index is 5.84. The number of hydrogen-bond acceptors (Lipinski definition) is 3. The van der Waals surface area contributed by atoms with Gasteiger partial charge in [0.15, 0.2) is 4.96 Å². The Labute approximate surface area is 121 Å². The molecule has 0 aliphatic rings. The van der Waals surface area contributed by atoms with Crippen LogP contribution in [0.5, 0.6) is 11.6 Å². The van der Waals surface area contributed by atoms with Gasteiger partial charge < -0.3 is 4.74 Å². The number of ether oxygens (including phenoxy) is 1. The lowest BCUT2D eigenvalue weighted by Crippen LogP contribution is -1.90. The molecule has 3 nitrogen and oxygen atoms in total. The number of thiazole rings is 1. The molecule has 0 bridgehead atoms. The zero-order chi connectivity index (χ0) is 12.5. The van der Waals surface area contributed by atoms with Crippen molar-refractivity contribution >= 4 is 43.8 Å². The van der Waals surface area contributed by atoms with Crippen molar-refractivity contribution in [3.8, 4) is 11.6 Å². The molecular formula is C12H8BrClN2OS. The Morgan fingerprint density at radius 2 is 2.11 bits per heavy atom. The molecule has 3 rings (SSSR count). The lowest BCUT2D eigenvalue weighted by atomic mass is 10.3. The zero-order valence-electron chi connectivity index (χ0n) is 9.14. The van der Waals surface area contributed by atoms with Gasteiger partial charge in [0.2, 0.25) is 5.88 Å². The van der Waals surface area contributed by atoms with Gasteiger partial charge in [-0.2, -0.15) is 4.98 Å². The van der Waals surface area contributed by atoms with E-state index in [0.29, 0.717) is 16.2 Å². The fraction of sp³-hybridized carbons (Fsp3) is 0.0833. The summed E-state index contributed by atoms with van der Waals surface area (Å²) in [7, 11) is 0. The second-order valence-corrected chi connectivity index (χ2v) is 5.48. The smallest absolute Gasteiger partial charge is 0.243 e. The average molecular weight is 344 g/mol. The Kier molecular flexibility index (Phi) is 3.28. The first-order valence-electron chi connectivity index (χ1n) is 5.22. The number of alkyl halides is 1. The SMILES string of the molecule is Clc1ccc(Oc2nc3sccn3c2CBr)cc1. The van der Waals surface area contributed by atoms with Gasteiger partial charge in [0, 0.05) is 21.9 Å². The number of imidazole rings is 1. The highest BCUT2D eigenvalue weighted by Crippen LogP contribution is 2.29. The van der Waals surface area contributed by atoms with Gasteiger partial charge in [0.05, 0.1) is 5.69 Å². The third-order valence-electron chi connectivity index (χ3n) is 2.48. The van der Waals surface area contributed by atoms with Crippen LogP contribution in [0.25, 0.3) is 4.96 Å². The van der Waals surface area contributed by atoms with E-state index < -0.39 is 0 Å². The van der Waals surface area contributed by atoms with Crippen LogP contribution in [-0.2, 0) is 5.33 Å². The van der Waals surface area contributed by atoms with Crippen molar-refractivity contribution in [2.24, 2.45) is 0 Å². The van der Waals surface area contributed by atoms with Gasteiger partial charge in [-0.25, -0.2) is 0 Å². The highest BCUT2D eigenvalue weighted by atomic mass is 79.9. The van der Waals surface area contributed by atoms with Crippen LogP contribution in [0.15, 0.2) is 35.8 Å². The summed E-state index contributed by atoms with van der Waals surface area (Å²) in [5, 5.41) is 3.38. The van der Waals surface area contributed by atoms with E-state index in [2.05, 4.69) is 20.9 Å². The first-order chi connectivity index (χ1) is 8.78. The fourth-order valence-corrected chi connectivity index (χ4v) is 2.99. The molecule has 92 valence electrons. The van der Waals surface area contributed by atoms with Crippen LogP contribution in [-0.4, -0.2) is 9.38 Å². The number of fused-ring (bicyclic) bond motifs is 1. The molecule has 0 aliphatic carbocycles. The van der Waals surface area contributed by atoms with E-state index in [-0.39, 0.29) is 0 Å². The molecule has 0 amide bonds. The summed E-state index contributed by atoms with van der Waals surface area (Å²) in [5.41, 5.74) is 1.00. The predicted molar refractivity (Wildman–Crippen MR) is 77.2 cm³/mol. The van der Waals surface area contributed by atoms with Crippen molar-refractivity contribution in [1.82, 2.24) is 9.38 Å². The van der Waals surface area contributed by atoms with Gasteiger partial charge in [0.1, 0.15) is 5.75 Å². The summed E-state index contributed by atoms with van der Waals surface area (Å²) in [6.07, 6.45) is 1.98. The van der Waals surface area contributed by atoms with Crippen molar-refractivity contribution in [3.63, 3.8) is 0 Å². The van der Waals surface area contributed by atoms with Crippen molar-refractivity contribution in [2.75, 3.05) is 0 Å². The number of halogens is 2. The van der Waals surface area contributed by atoms with E-state index in [9.17, 15) is 0 Å². The van der Waals surface area contributed by atoms with E-state index in [4.69, 9.17) is 16.3 Å².